The number of hydrogen-bond donors (Lipinski definition) is 4. The van der Waals surface area contributed by atoms with Crippen LogP contribution in [0.5, 0.6) is 5.75 Å². The van der Waals surface area contributed by atoms with Gasteiger partial charge in [0.05, 0.1) is 25.3 Å². The number of anilines is 1. The van der Waals surface area contributed by atoms with E-state index in [0.717, 1.165) is 51.9 Å². The summed E-state index contributed by atoms with van der Waals surface area (Å²) >= 11 is 5.62. The van der Waals surface area contributed by atoms with E-state index < -0.39 is 5.54 Å². The Morgan fingerprint density at radius 1 is 1.17 bits per heavy atom. The lowest BCUT2D eigenvalue weighted by Gasteiger charge is -2.31. The molecule has 0 spiro atoms. The molecular weight excluding hydrogens is 472 g/mol. The molecule has 0 radical (unpaired) electrons. The fourth-order valence-corrected chi connectivity index (χ4v) is 5.08. The number of aromatic amines is 1. The molecule has 2 aromatic carbocycles. The minimum absolute atomic E-state index is 0.0925. The second-order valence-electron chi connectivity index (χ2n) is 9.18. The van der Waals surface area contributed by atoms with Crippen LogP contribution < -0.4 is 21.3 Å². The molecule has 1 aromatic heterocycles. The molecule has 0 amide bonds. The van der Waals surface area contributed by atoms with Crippen molar-refractivity contribution >= 4 is 33.9 Å². The molecular formula is C28H38N4O3S. The summed E-state index contributed by atoms with van der Waals surface area (Å²) in [5, 5.41) is 14.2. The zero-order valence-electron chi connectivity index (χ0n) is 21.9. The first-order valence-corrected chi connectivity index (χ1v) is 12.9. The highest BCUT2D eigenvalue weighted by molar-refractivity contribution is 7.80. The molecule has 36 heavy (non-hydrogen) atoms. The molecule has 3 aromatic rings. The average Bonchev–Trinajstić information content (AvgIpc) is 2.86. The van der Waals surface area contributed by atoms with Crippen LogP contribution in [0.3, 0.4) is 0 Å². The van der Waals surface area contributed by atoms with Gasteiger partial charge >= 0.3 is 0 Å². The van der Waals surface area contributed by atoms with Gasteiger partial charge in [0.25, 0.3) is 5.56 Å². The number of aromatic nitrogens is 1. The lowest BCUT2D eigenvalue weighted by molar-refractivity contribution is 0.248. The van der Waals surface area contributed by atoms with Crippen molar-refractivity contribution in [2.45, 2.75) is 59.5 Å². The highest BCUT2D eigenvalue weighted by atomic mass is 32.1. The fraction of sp³-hybridized carbons (Fsp3) is 0.429. The third-order valence-corrected chi connectivity index (χ3v) is 7.22. The minimum atomic E-state index is -0.436. The van der Waals surface area contributed by atoms with Crippen LogP contribution in [-0.4, -0.2) is 39.9 Å². The molecule has 0 aliphatic heterocycles. The van der Waals surface area contributed by atoms with Crippen molar-refractivity contribution in [3.8, 4) is 5.75 Å². The maximum absolute atomic E-state index is 13.1. The van der Waals surface area contributed by atoms with Crippen LogP contribution in [0.2, 0.25) is 0 Å². The van der Waals surface area contributed by atoms with Crippen molar-refractivity contribution < 1.29 is 9.84 Å². The zero-order chi connectivity index (χ0) is 26.5. The Hall–Kier alpha value is -2.94. The summed E-state index contributed by atoms with van der Waals surface area (Å²) in [4.78, 5) is 18.0. The Morgan fingerprint density at radius 2 is 1.83 bits per heavy atom. The van der Waals surface area contributed by atoms with Crippen molar-refractivity contribution in [1.29, 1.82) is 0 Å². The lowest BCUT2D eigenvalue weighted by atomic mass is 9.79. The van der Waals surface area contributed by atoms with E-state index in [0.29, 0.717) is 23.8 Å². The number of nitrogens with one attached hydrogen (secondary N) is 2. The van der Waals surface area contributed by atoms with E-state index in [4.69, 9.17) is 22.7 Å². The Balaban J connectivity index is 1.91. The number of aliphatic hydroxyl groups excluding tert-OH is 1. The molecule has 0 aliphatic carbocycles. The molecule has 5 N–H and O–H groups in total. The predicted octanol–water partition coefficient (Wildman–Crippen LogP) is 4.71. The van der Waals surface area contributed by atoms with Crippen LogP contribution in [0.4, 0.5) is 5.69 Å². The molecule has 0 unspecified atom stereocenters. The molecule has 3 rings (SSSR count). The van der Waals surface area contributed by atoms with Crippen molar-refractivity contribution in [3.05, 3.63) is 69.0 Å². The first-order chi connectivity index (χ1) is 17.2. The van der Waals surface area contributed by atoms with E-state index >= 15 is 0 Å². The number of rotatable bonds is 10. The Bertz CT molecular complexity index is 1270. The van der Waals surface area contributed by atoms with Gasteiger partial charge in [0.1, 0.15) is 5.75 Å². The van der Waals surface area contributed by atoms with Crippen LogP contribution in [0, 0.1) is 13.8 Å². The van der Waals surface area contributed by atoms with Gasteiger partial charge in [0, 0.05) is 23.3 Å². The van der Waals surface area contributed by atoms with Gasteiger partial charge in [0.2, 0.25) is 0 Å². The van der Waals surface area contributed by atoms with E-state index in [9.17, 15) is 9.90 Å². The van der Waals surface area contributed by atoms with Gasteiger partial charge in [0.15, 0.2) is 5.11 Å². The first-order valence-electron chi connectivity index (χ1n) is 12.5. The topological polar surface area (TPSA) is 104 Å². The lowest BCUT2D eigenvalue weighted by Crippen LogP contribution is -2.38. The smallest absolute Gasteiger partial charge is 0.253 e. The second kappa shape index (κ2) is 11.9. The van der Waals surface area contributed by atoms with Crippen molar-refractivity contribution in [1.82, 2.24) is 9.88 Å². The van der Waals surface area contributed by atoms with Crippen molar-refractivity contribution in [2.24, 2.45) is 5.73 Å². The molecule has 0 atom stereocenters. The van der Waals surface area contributed by atoms with E-state index in [2.05, 4.69) is 37.1 Å². The van der Waals surface area contributed by atoms with Gasteiger partial charge in [-0.1, -0.05) is 13.8 Å². The fourth-order valence-electron chi connectivity index (χ4n) is 4.81. The molecule has 194 valence electrons. The summed E-state index contributed by atoms with van der Waals surface area (Å²) in [5.41, 5.74) is 11.5. The number of nitrogens with zero attached hydrogens (tertiary/aromatic N) is 1. The number of benzene rings is 2. The molecule has 0 saturated heterocycles. The van der Waals surface area contributed by atoms with Crippen LogP contribution in [0.15, 0.2) is 41.2 Å². The number of aryl methyl sites for hydroxylation is 2. The number of pyridine rings is 1. The van der Waals surface area contributed by atoms with E-state index in [-0.39, 0.29) is 18.7 Å². The van der Waals surface area contributed by atoms with Gasteiger partial charge in [-0.25, -0.2) is 0 Å². The summed E-state index contributed by atoms with van der Waals surface area (Å²) in [7, 11) is 0. The zero-order valence-corrected chi connectivity index (χ0v) is 22.7. The van der Waals surface area contributed by atoms with E-state index in [1.807, 2.05) is 44.2 Å². The summed E-state index contributed by atoms with van der Waals surface area (Å²) in [6.45, 7) is 11.3. The number of aliphatic hydroxyl groups is 1. The number of H-pyrrole nitrogens is 1. The van der Waals surface area contributed by atoms with E-state index in [1.54, 1.807) is 4.90 Å². The number of nitrogens with two attached hydrogens (primary N) is 1. The molecule has 8 heteroatoms. The highest BCUT2D eigenvalue weighted by Gasteiger charge is 2.28. The number of fused-ring (bicyclic) bond motifs is 1. The third kappa shape index (κ3) is 5.88. The molecule has 0 aliphatic rings. The largest absolute Gasteiger partial charge is 0.494 e. The number of ether oxygens (including phenoxy) is 1. The Morgan fingerprint density at radius 3 is 2.42 bits per heavy atom. The van der Waals surface area contributed by atoms with Gasteiger partial charge in [-0.05, 0) is 104 Å². The summed E-state index contributed by atoms with van der Waals surface area (Å²) in [5.74, 6) is 0.780. The quantitative estimate of drug-likeness (QED) is 0.293. The first kappa shape index (κ1) is 27.6. The minimum Gasteiger partial charge on any atom is -0.494 e. The van der Waals surface area contributed by atoms with E-state index in [1.165, 1.54) is 0 Å². The highest BCUT2D eigenvalue weighted by Crippen LogP contribution is 2.34. The molecule has 0 saturated carbocycles. The summed E-state index contributed by atoms with van der Waals surface area (Å²) < 4.78 is 5.49. The predicted molar refractivity (Wildman–Crippen MR) is 152 cm³/mol. The van der Waals surface area contributed by atoms with Gasteiger partial charge in [-0.3, -0.25) is 4.79 Å². The normalized spacial score (nSPS) is 11.5. The van der Waals surface area contributed by atoms with Gasteiger partial charge < -0.3 is 30.8 Å². The van der Waals surface area contributed by atoms with Crippen LogP contribution in [0.1, 0.15) is 55.9 Å². The Kier molecular flexibility index (Phi) is 9.11. The van der Waals surface area contributed by atoms with Crippen LogP contribution in [0.25, 0.3) is 10.9 Å². The Labute approximate surface area is 218 Å². The monoisotopic (exact) mass is 510 g/mol. The second-order valence-corrected chi connectivity index (χ2v) is 9.56. The standard InChI is InChI=1S/C28H38N4O3S/c1-6-28(29,7-2)24-18(4)15-20-16-21(26(34)31-25(20)19(24)5)17-32(13-14-33)27(36)30-22-9-11-23(12-10-22)35-8-3/h9-12,15-16,33H,6-8,13-14,17,29H2,1-5H3,(H,30,36)(H,31,34). The van der Waals surface area contributed by atoms with Crippen LogP contribution >= 0.6 is 12.2 Å². The van der Waals surface area contributed by atoms with Gasteiger partial charge in [-0.2, -0.15) is 0 Å². The maximum atomic E-state index is 13.1. The average molecular weight is 511 g/mol. The SMILES string of the molecule is CCOc1ccc(NC(=S)N(CCO)Cc2cc3cc(C)c(C(N)(CC)CC)c(C)c3[nH]c2=O)cc1. The number of thiocarbonyl (C=S) groups is 1. The number of hydrogen-bond acceptors (Lipinski definition) is 5. The summed E-state index contributed by atoms with van der Waals surface area (Å²) in [6, 6.07) is 11.5. The molecule has 0 fully saturated rings. The molecule has 0 bridgehead atoms. The van der Waals surface area contributed by atoms with Crippen LogP contribution in [-0.2, 0) is 12.1 Å². The third-order valence-electron chi connectivity index (χ3n) is 6.86. The maximum Gasteiger partial charge on any atom is 0.253 e. The summed E-state index contributed by atoms with van der Waals surface area (Å²) in [6.07, 6.45) is 1.63. The van der Waals surface area contributed by atoms with Crippen molar-refractivity contribution in [2.75, 3.05) is 25.1 Å². The molecule has 7 nitrogen and oxygen atoms in total. The van der Waals surface area contributed by atoms with Gasteiger partial charge in [-0.15, -0.1) is 0 Å². The van der Waals surface area contributed by atoms with Crippen molar-refractivity contribution in [3.63, 3.8) is 0 Å². The molecule has 1 heterocycles.